The monoisotopic (exact) mass is 314 g/mol. The number of carbonyl (C=O) groups is 1. The molecular weight excluding hydrogens is 296 g/mol. The molecule has 0 atom stereocenters. The highest BCUT2D eigenvalue weighted by Gasteiger charge is 2.13. The summed E-state index contributed by atoms with van der Waals surface area (Å²) >= 11 is 0. The quantitative estimate of drug-likeness (QED) is 0.820. The Morgan fingerprint density at radius 1 is 1.48 bits per heavy atom. The average Bonchev–Trinajstić information content (AvgIpc) is 2.90. The van der Waals surface area contributed by atoms with Gasteiger partial charge in [-0.05, 0) is 31.4 Å². The number of aromatic nitrogens is 4. The molecule has 0 aliphatic heterocycles. The number of pyridine rings is 1. The molecule has 120 valence electrons. The number of aromatic amines is 1. The molecule has 1 amide bonds. The molecule has 8 nitrogen and oxygen atoms in total. The lowest BCUT2D eigenvalue weighted by Gasteiger charge is -2.11. The number of hydrogen-bond acceptors (Lipinski definition) is 5. The molecule has 0 unspecified atom stereocenters. The van der Waals surface area contributed by atoms with Crippen molar-refractivity contribution in [1.82, 2.24) is 25.1 Å². The van der Waals surface area contributed by atoms with Crippen molar-refractivity contribution in [3.8, 4) is 6.07 Å². The zero-order chi connectivity index (χ0) is 17.0. The Morgan fingerprint density at radius 3 is 2.83 bits per heavy atom. The Labute approximate surface area is 133 Å². The third-order valence-corrected chi connectivity index (χ3v) is 3.77. The molecule has 2 N–H and O–H groups in total. The molecule has 0 aliphatic rings. The van der Waals surface area contributed by atoms with E-state index in [1.54, 1.807) is 31.8 Å². The van der Waals surface area contributed by atoms with Crippen LogP contribution in [-0.4, -0.2) is 25.7 Å². The van der Waals surface area contributed by atoms with Crippen molar-refractivity contribution in [3.63, 3.8) is 0 Å². The summed E-state index contributed by atoms with van der Waals surface area (Å²) in [5.74, 6) is 0.540. The van der Waals surface area contributed by atoms with Crippen LogP contribution < -0.4 is 10.9 Å². The van der Waals surface area contributed by atoms with E-state index in [0.717, 1.165) is 5.56 Å². The Kier molecular flexibility index (Phi) is 4.91. The van der Waals surface area contributed by atoms with Crippen LogP contribution in [0.5, 0.6) is 0 Å². The van der Waals surface area contributed by atoms with Crippen LogP contribution in [0, 0.1) is 25.2 Å². The lowest BCUT2D eigenvalue weighted by molar-refractivity contribution is -0.121. The van der Waals surface area contributed by atoms with E-state index in [0.29, 0.717) is 30.0 Å². The second-order valence-corrected chi connectivity index (χ2v) is 5.30. The van der Waals surface area contributed by atoms with Crippen molar-refractivity contribution in [2.75, 3.05) is 0 Å². The highest BCUT2D eigenvalue weighted by molar-refractivity contribution is 5.76. The van der Waals surface area contributed by atoms with E-state index in [9.17, 15) is 9.59 Å². The molecular formula is C15H18N6O2. The Morgan fingerprint density at radius 2 is 2.22 bits per heavy atom. The van der Waals surface area contributed by atoms with Gasteiger partial charge in [-0.1, -0.05) is 0 Å². The summed E-state index contributed by atoms with van der Waals surface area (Å²) in [6, 6.07) is 1.91. The first-order valence-electron chi connectivity index (χ1n) is 7.16. The summed E-state index contributed by atoms with van der Waals surface area (Å²) in [7, 11) is 1.80. The minimum absolute atomic E-state index is 0.102. The van der Waals surface area contributed by atoms with Gasteiger partial charge in [0.1, 0.15) is 18.0 Å². The molecule has 2 aromatic rings. The van der Waals surface area contributed by atoms with E-state index in [2.05, 4.69) is 20.5 Å². The maximum atomic E-state index is 12.0. The topological polar surface area (TPSA) is 116 Å². The van der Waals surface area contributed by atoms with E-state index >= 15 is 0 Å². The normalized spacial score (nSPS) is 10.3. The Bertz CT molecular complexity index is 827. The molecule has 8 heteroatoms. The summed E-state index contributed by atoms with van der Waals surface area (Å²) in [5.41, 5.74) is 1.86. The van der Waals surface area contributed by atoms with Crippen molar-refractivity contribution in [2.24, 2.45) is 7.05 Å². The van der Waals surface area contributed by atoms with Crippen molar-refractivity contribution in [3.05, 3.63) is 44.9 Å². The maximum absolute atomic E-state index is 12.0. The fourth-order valence-electron chi connectivity index (χ4n) is 2.39. The highest BCUT2D eigenvalue weighted by atomic mass is 16.1. The third-order valence-electron chi connectivity index (χ3n) is 3.77. The third kappa shape index (κ3) is 3.63. The van der Waals surface area contributed by atoms with Gasteiger partial charge in [0.05, 0.1) is 6.54 Å². The zero-order valence-electron chi connectivity index (χ0n) is 13.3. The van der Waals surface area contributed by atoms with Gasteiger partial charge in [-0.15, -0.1) is 10.2 Å². The van der Waals surface area contributed by atoms with E-state index in [4.69, 9.17) is 5.26 Å². The number of carbonyl (C=O) groups excluding carboxylic acids is 1. The maximum Gasteiger partial charge on any atom is 0.266 e. The van der Waals surface area contributed by atoms with Gasteiger partial charge < -0.3 is 14.9 Å². The minimum atomic E-state index is -0.391. The molecule has 0 saturated heterocycles. The van der Waals surface area contributed by atoms with Crippen LogP contribution in [0.3, 0.4) is 0 Å². The summed E-state index contributed by atoms with van der Waals surface area (Å²) in [6.45, 7) is 3.80. The van der Waals surface area contributed by atoms with Crippen molar-refractivity contribution >= 4 is 5.91 Å². The predicted octanol–water partition coefficient (Wildman–Crippen LogP) is 0.241. The van der Waals surface area contributed by atoms with E-state index < -0.39 is 5.56 Å². The lowest BCUT2D eigenvalue weighted by atomic mass is 9.99. The predicted molar refractivity (Wildman–Crippen MR) is 82.4 cm³/mol. The molecule has 2 heterocycles. The second-order valence-electron chi connectivity index (χ2n) is 5.30. The summed E-state index contributed by atoms with van der Waals surface area (Å²) in [5, 5.41) is 19.4. The number of hydrogen-bond donors (Lipinski definition) is 2. The molecule has 0 aromatic carbocycles. The van der Waals surface area contributed by atoms with Gasteiger partial charge in [-0.25, -0.2) is 0 Å². The number of H-pyrrole nitrogens is 1. The summed E-state index contributed by atoms with van der Waals surface area (Å²) < 4.78 is 1.73. The number of amides is 1. The van der Waals surface area contributed by atoms with Crippen LogP contribution in [0.25, 0.3) is 0 Å². The van der Waals surface area contributed by atoms with Gasteiger partial charge in [-0.2, -0.15) is 5.26 Å². The van der Waals surface area contributed by atoms with Gasteiger partial charge in [0.2, 0.25) is 5.91 Å². The van der Waals surface area contributed by atoms with Crippen molar-refractivity contribution in [1.29, 1.82) is 5.26 Å². The number of aryl methyl sites for hydroxylation is 2. The molecule has 0 saturated carbocycles. The van der Waals surface area contributed by atoms with Crippen molar-refractivity contribution in [2.45, 2.75) is 33.2 Å². The number of nitriles is 1. The number of nitrogens with zero attached hydrogens (tertiary/aromatic N) is 4. The van der Waals surface area contributed by atoms with E-state index in [1.807, 2.05) is 6.07 Å². The lowest BCUT2D eigenvalue weighted by Crippen LogP contribution is -2.25. The Hall–Kier alpha value is -2.95. The van der Waals surface area contributed by atoms with Crippen LogP contribution >= 0.6 is 0 Å². The molecule has 0 fully saturated rings. The van der Waals surface area contributed by atoms with Crippen molar-refractivity contribution < 1.29 is 4.79 Å². The molecule has 0 aliphatic carbocycles. The fraction of sp³-hybridized carbons (Fsp3) is 0.400. The first-order chi connectivity index (χ1) is 10.9. The summed E-state index contributed by atoms with van der Waals surface area (Å²) in [4.78, 5) is 26.3. The molecule has 2 aromatic heterocycles. The van der Waals surface area contributed by atoms with Crippen LogP contribution in [0.4, 0.5) is 0 Å². The first kappa shape index (κ1) is 16.4. The first-order valence-corrected chi connectivity index (χ1v) is 7.16. The van der Waals surface area contributed by atoms with Gasteiger partial charge in [-0.3, -0.25) is 9.59 Å². The largest absolute Gasteiger partial charge is 0.349 e. The molecule has 0 bridgehead atoms. The SMILES string of the molecule is Cc1[nH]c(=O)c(C#N)c(C)c1CCC(=O)NCc1nncn1C. The highest BCUT2D eigenvalue weighted by Crippen LogP contribution is 2.14. The number of nitrogens with one attached hydrogen (secondary N) is 2. The van der Waals surface area contributed by atoms with Gasteiger partial charge in [0.15, 0.2) is 5.82 Å². The van der Waals surface area contributed by atoms with Crippen LogP contribution in [0.15, 0.2) is 11.1 Å². The average molecular weight is 314 g/mol. The minimum Gasteiger partial charge on any atom is -0.349 e. The van der Waals surface area contributed by atoms with Gasteiger partial charge in [0.25, 0.3) is 5.56 Å². The smallest absolute Gasteiger partial charge is 0.266 e. The molecule has 0 spiro atoms. The number of rotatable bonds is 5. The molecule has 2 rings (SSSR count). The Balaban J connectivity index is 2.01. The van der Waals surface area contributed by atoms with Crippen LogP contribution in [0.1, 0.15) is 34.6 Å². The molecule has 23 heavy (non-hydrogen) atoms. The second kappa shape index (κ2) is 6.87. The molecule has 0 radical (unpaired) electrons. The van der Waals surface area contributed by atoms with Crippen LogP contribution in [-0.2, 0) is 24.8 Å². The standard InChI is InChI=1S/C15H18N6O2/c1-9-11(10(2)19-15(23)12(9)6-16)4-5-14(22)17-7-13-20-18-8-21(13)3/h8H,4-5,7H2,1-3H3,(H,17,22)(H,19,23). The van der Waals surface area contributed by atoms with Gasteiger partial charge in [0, 0.05) is 19.2 Å². The van der Waals surface area contributed by atoms with Crippen LogP contribution in [0.2, 0.25) is 0 Å². The van der Waals surface area contributed by atoms with E-state index in [-0.39, 0.29) is 17.9 Å². The zero-order valence-corrected chi connectivity index (χ0v) is 13.3. The summed E-state index contributed by atoms with van der Waals surface area (Å²) in [6.07, 6.45) is 2.28. The van der Waals surface area contributed by atoms with E-state index in [1.165, 1.54) is 0 Å². The van der Waals surface area contributed by atoms with Gasteiger partial charge >= 0.3 is 0 Å². The fourth-order valence-corrected chi connectivity index (χ4v) is 2.39.